The minimum atomic E-state index is -0.520. The minimum absolute atomic E-state index is 0.0606. The van der Waals surface area contributed by atoms with Crippen LogP contribution in [0.5, 0.6) is 11.5 Å². The molecule has 0 spiro atoms. The van der Waals surface area contributed by atoms with Crippen molar-refractivity contribution < 1.29 is 19.4 Å². The molecule has 0 aliphatic heterocycles. The summed E-state index contributed by atoms with van der Waals surface area (Å²) < 4.78 is 9.51. The van der Waals surface area contributed by atoms with Gasteiger partial charge < -0.3 is 14.6 Å². The van der Waals surface area contributed by atoms with Crippen LogP contribution in [0.2, 0.25) is 0 Å². The van der Waals surface area contributed by atoms with E-state index in [1.807, 2.05) is 0 Å². The monoisotopic (exact) mass is 206 g/mol. The Bertz CT molecular complexity index is 404. The predicted molar refractivity (Wildman–Crippen MR) is 53.8 cm³/mol. The Morgan fingerprint density at radius 3 is 2.87 bits per heavy atom. The number of phenolic OH excluding ortho intramolecular Hbond substituents is 1. The highest BCUT2D eigenvalue weighted by atomic mass is 16.5. The number of aromatic hydroxyl groups is 1. The number of rotatable bonds is 3. The van der Waals surface area contributed by atoms with Crippen molar-refractivity contribution in [1.29, 1.82) is 0 Å². The Morgan fingerprint density at radius 1 is 1.60 bits per heavy atom. The second-order valence-electron chi connectivity index (χ2n) is 2.67. The van der Waals surface area contributed by atoms with Gasteiger partial charge in [0.1, 0.15) is 6.61 Å². The van der Waals surface area contributed by atoms with Gasteiger partial charge in [0.15, 0.2) is 11.5 Å². The number of phenols is 1. The number of hydrogen-bond acceptors (Lipinski definition) is 4. The molecular weight excluding hydrogens is 196 g/mol. The fourth-order valence-corrected chi connectivity index (χ4v) is 1.00. The number of terminal acetylenes is 1. The summed E-state index contributed by atoms with van der Waals surface area (Å²) in [5.41, 5.74) is 0.253. The third-order valence-corrected chi connectivity index (χ3v) is 1.69. The van der Waals surface area contributed by atoms with E-state index in [-0.39, 0.29) is 23.7 Å². The molecule has 1 aromatic rings. The molecule has 0 aliphatic rings. The van der Waals surface area contributed by atoms with Crippen molar-refractivity contribution in [3.63, 3.8) is 0 Å². The highest BCUT2D eigenvalue weighted by molar-refractivity contribution is 5.90. The van der Waals surface area contributed by atoms with Crippen molar-refractivity contribution in [3.05, 3.63) is 23.8 Å². The molecule has 0 unspecified atom stereocenters. The van der Waals surface area contributed by atoms with E-state index in [4.69, 9.17) is 11.2 Å². The zero-order valence-electron chi connectivity index (χ0n) is 8.19. The summed E-state index contributed by atoms with van der Waals surface area (Å²) in [7, 11) is 1.27. The molecule has 1 N–H and O–H groups in total. The predicted octanol–water partition coefficient (Wildman–Crippen LogP) is 1.19. The van der Waals surface area contributed by atoms with E-state index < -0.39 is 5.97 Å². The van der Waals surface area contributed by atoms with Gasteiger partial charge in [-0.25, -0.2) is 4.79 Å². The highest BCUT2D eigenvalue weighted by Crippen LogP contribution is 2.26. The van der Waals surface area contributed by atoms with Gasteiger partial charge in [-0.2, -0.15) is 0 Å². The molecule has 4 heteroatoms. The Kier molecular flexibility index (Phi) is 3.58. The standard InChI is InChI=1S/C11H10O4/c1-3-6-15-10-5-4-8(7-9(10)12)11(13)14-2/h1,4-5,7,12H,6H2,2H3. The zero-order chi connectivity index (χ0) is 11.3. The average Bonchev–Trinajstić information content (AvgIpc) is 2.26. The lowest BCUT2D eigenvalue weighted by molar-refractivity contribution is 0.0600. The molecule has 0 fully saturated rings. The third kappa shape index (κ3) is 2.64. The van der Waals surface area contributed by atoms with E-state index in [2.05, 4.69) is 10.7 Å². The van der Waals surface area contributed by atoms with Crippen LogP contribution in [0.3, 0.4) is 0 Å². The SMILES string of the molecule is C#CCOc1ccc(C(=O)OC)cc1O. The minimum Gasteiger partial charge on any atom is -0.504 e. The first-order chi connectivity index (χ1) is 7.19. The summed E-state index contributed by atoms with van der Waals surface area (Å²) in [4.78, 5) is 11.1. The molecule has 0 radical (unpaired) electrons. The normalized spacial score (nSPS) is 9.07. The number of carbonyl (C=O) groups excluding carboxylic acids is 1. The highest BCUT2D eigenvalue weighted by Gasteiger charge is 2.09. The number of methoxy groups -OCH3 is 1. The summed E-state index contributed by atoms with van der Waals surface area (Å²) in [6, 6.07) is 4.20. The van der Waals surface area contributed by atoms with Crippen LogP contribution in [-0.4, -0.2) is 24.8 Å². The van der Waals surface area contributed by atoms with E-state index in [0.717, 1.165) is 0 Å². The maximum Gasteiger partial charge on any atom is 0.337 e. The molecule has 0 aliphatic carbocycles. The quantitative estimate of drug-likeness (QED) is 0.596. The van der Waals surface area contributed by atoms with E-state index in [1.54, 1.807) is 0 Å². The van der Waals surface area contributed by atoms with Gasteiger partial charge in [0.25, 0.3) is 0 Å². The van der Waals surface area contributed by atoms with Crippen LogP contribution in [0.4, 0.5) is 0 Å². The van der Waals surface area contributed by atoms with Gasteiger partial charge in [0, 0.05) is 0 Å². The van der Waals surface area contributed by atoms with Crippen molar-refractivity contribution in [2.45, 2.75) is 0 Å². The number of carbonyl (C=O) groups is 1. The first-order valence-electron chi connectivity index (χ1n) is 4.16. The summed E-state index contributed by atoms with van der Waals surface area (Å²) in [6.07, 6.45) is 5.00. The van der Waals surface area contributed by atoms with Crippen LogP contribution in [0.15, 0.2) is 18.2 Å². The van der Waals surface area contributed by atoms with Crippen LogP contribution >= 0.6 is 0 Å². The molecule has 0 aromatic heterocycles. The molecule has 78 valence electrons. The molecule has 0 amide bonds. The Morgan fingerprint density at radius 2 is 2.33 bits per heavy atom. The molecule has 4 nitrogen and oxygen atoms in total. The van der Waals surface area contributed by atoms with Crippen molar-refractivity contribution in [2.75, 3.05) is 13.7 Å². The molecule has 1 rings (SSSR count). The Labute approximate surface area is 87.4 Å². The molecule has 0 saturated carbocycles. The Hall–Kier alpha value is -2.15. The second kappa shape index (κ2) is 4.91. The van der Waals surface area contributed by atoms with Gasteiger partial charge in [0.2, 0.25) is 0 Å². The second-order valence-corrected chi connectivity index (χ2v) is 2.67. The fourth-order valence-electron chi connectivity index (χ4n) is 1.00. The van der Waals surface area contributed by atoms with Gasteiger partial charge in [0.05, 0.1) is 12.7 Å². The van der Waals surface area contributed by atoms with Gasteiger partial charge in [-0.1, -0.05) is 5.92 Å². The molecular formula is C11H10O4. The van der Waals surface area contributed by atoms with Crippen molar-refractivity contribution in [3.8, 4) is 23.8 Å². The summed E-state index contributed by atoms with van der Waals surface area (Å²) in [5, 5.41) is 9.46. The number of benzene rings is 1. The van der Waals surface area contributed by atoms with Crippen LogP contribution in [0.1, 0.15) is 10.4 Å². The molecule has 0 atom stereocenters. The lowest BCUT2D eigenvalue weighted by Crippen LogP contribution is -2.01. The first kappa shape index (κ1) is 10.9. The fraction of sp³-hybridized carbons (Fsp3) is 0.182. The lowest BCUT2D eigenvalue weighted by Gasteiger charge is -2.06. The molecule has 15 heavy (non-hydrogen) atoms. The van der Waals surface area contributed by atoms with Crippen molar-refractivity contribution in [2.24, 2.45) is 0 Å². The summed E-state index contributed by atoms with van der Waals surface area (Å²) in [6.45, 7) is 0.0606. The number of esters is 1. The Balaban J connectivity index is 2.89. The molecule has 0 heterocycles. The van der Waals surface area contributed by atoms with Crippen molar-refractivity contribution >= 4 is 5.97 Å². The summed E-state index contributed by atoms with van der Waals surface area (Å²) in [5.74, 6) is 1.84. The summed E-state index contributed by atoms with van der Waals surface area (Å²) >= 11 is 0. The van der Waals surface area contributed by atoms with Crippen LogP contribution in [0.25, 0.3) is 0 Å². The van der Waals surface area contributed by atoms with Gasteiger partial charge in [-0.05, 0) is 18.2 Å². The third-order valence-electron chi connectivity index (χ3n) is 1.69. The number of ether oxygens (including phenoxy) is 2. The zero-order valence-corrected chi connectivity index (χ0v) is 8.19. The molecule has 0 bridgehead atoms. The van der Waals surface area contributed by atoms with E-state index in [9.17, 15) is 9.90 Å². The van der Waals surface area contributed by atoms with Crippen LogP contribution in [0, 0.1) is 12.3 Å². The number of hydrogen-bond donors (Lipinski definition) is 1. The maximum absolute atomic E-state index is 11.1. The average molecular weight is 206 g/mol. The molecule has 1 aromatic carbocycles. The maximum atomic E-state index is 11.1. The first-order valence-corrected chi connectivity index (χ1v) is 4.16. The van der Waals surface area contributed by atoms with E-state index in [0.29, 0.717) is 0 Å². The molecule has 0 saturated heterocycles. The van der Waals surface area contributed by atoms with Gasteiger partial charge in [-0.15, -0.1) is 6.42 Å². The van der Waals surface area contributed by atoms with Crippen LogP contribution < -0.4 is 4.74 Å². The smallest absolute Gasteiger partial charge is 0.337 e. The van der Waals surface area contributed by atoms with Gasteiger partial charge >= 0.3 is 5.97 Å². The van der Waals surface area contributed by atoms with E-state index >= 15 is 0 Å². The lowest BCUT2D eigenvalue weighted by atomic mass is 10.2. The van der Waals surface area contributed by atoms with Crippen LogP contribution in [-0.2, 0) is 4.74 Å². The topological polar surface area (TPSA) is 55.8 Å². The van der Waals surface area contributed by atoms with Gasteiger partial charge in [-0.3, -0.25) is 0 Å². The van der Waals surface area contributed by atoms with E-state index in [1.165, 1.54) is 25.3 Å². The van der Waals surface area contributed by atoms with Crippen molar-refractivity contribution in [1.82, 2.24) is 0 Å². The largest absolute Gasteiger partial charge is 0.504 e.